The molecule has 0 aromatic rings. The Kier molecular flexibility index (Phi) is 7.36. The van der Waals surface area contributed by atoms with Crippen molar-refractivity contribution in [1.82, 2.24) is 5.32 Å². The molecule has 2 unspecified atom stereocenters. The molecule has 1 amide bonds. The predicted octanol–water partition coefficient (Wildman–Crippen LogP) is 5.45. The predicted molar refractivity (Wildman–Crippen MR) is 133 cm³/mol. The number of carbonyl (C=O) groups is 1. The first-order valence-electron chi connectivity index (χ1n) is 13.4. The van der Waals surface area contributed by atoms with Gasteiger partial charge in [0.05, 0.1) is 12.1 Å². The number of fused-ring (bicyclic) bond motifs is 5. The van der Waals surface area contributed by atoms with E-state index in [0.717, 1.165) is 37.7 Å². The first-order valence-corrected chi connectivity index (χ1v) is 14.8. The van der Waals surface area contributed by atoms with E-state index < -0.39 is 21.7 Å². The number of rotatable bonds is 6. The topological polar surface area (TPSA) is 92.7 Å². The van der Waals surface area contributed by atoms with Gasteiger partial charge >= 0.3 is 15.6 Å². The van der Waals surface area contributed by atoms with Gasteiger partial charge in [0, 0.05) is 12.3 Å². The van der Waals surface area contributed by atoms with Gasteiger partial charge < -0.3 is 14.6 Å². The molecular weight excluding hydrogens is 507 g/mol. The van der Waals surface area contributed by atoms with Crippen LogP contribution in [0.3, 0.4) is 0 Å². The third-order valence-electron chi connectivity index (χ3n) is 10.1. The third kappa shape index (κ3) is 4.85. The fourth-order valence-electron chi connectivity index (χ4n) is 8.09. The Bertz CT molecular complexity index is 1070. The number of halogens is 3. The highest BCUT2D eigenvalue weighted by Crippen LogP contribution is 2.66. The average Bonchev–Trinajstić information content (AvgIpc) is 3.13. The summed E-state index contributed by atoms with van der Waals surface area (Å²) >= 11 is 0. The Hall–Kier alpha value is -1.55. The maximum absolute atomic E-state index is 13.4. The van der Waals surface area contributed by atoms with E-state index in [1.165, 1.54) is 6.08 Å². The van der Waals surface area contributed by atoms with E-state index in [0.29, 0.717) is 24.2 Å². The van der Waals surface area contributed by atoms with Gasteiger partial charge in [0.2, 0.25) is 5.91 Å². The number of nitrogens with one attached hydrogen (secondary N) is 1. The normalized spacial score (nSPS) is 37.5. The van der Waals surface area contributed by atoms with Crippen LogP contribution in [0.15, 0.2) is 23.5 Å². The molecule has 4 aliphatic carbocycles. The molecule has 0 saturated heterocycles. The minimum Gasteiger partial charge on any atom is -0.391 e. The molecule has 10 heteroatoms. The van der Waals surface area contributed by atoms with Crippen LogP contribution in [0.4, 0.5) is 13.2 Å². The van der Waals surface area contributed by atoms with Crippen molar-refractivity contribution in [3.63, 3.8) is 0 Å². The van der Waals surface area contributed by atoms with Crippen molar-refractivity contribution in [3.8, 4) is 0 Å². The van der Waals surface area contributed by atoms with Crippen molar-refractivity contribution < 1.29 is 35.7 Å². The lowest BCUT2D eigenvalue weighted by Gasteiger charge is -2.56. The molecule has 0 aromatic carbocycles. The van der Waals surface area contributed by atoms with Crippen LogP contribution in [0.1, 0.15) is 79.6 Å². The van der Waals surface area contributed by atoms with Gasteiger partial charge in [-0.3, -0.25) is 4.79 Å². The van der Waals surface area contributed by atoms with Crippen LogP contribution in [-0.4, -0.2) is 37.1 Å². The second-order valence-electron chi connectivity index (χ2n) is 12.5. The summed E-state index contributed by atoms with van der Waals surface area (Å²) in [5.41, 5.74) is -5.01. The summed E-state index contributed by atoms with van der Waals surface area (Å²) in [6, 6.07) is -0.294. The van der Waals surface area contributed by atoms with Crippen molar-refractivity contribution in [2.75, 3.05) is 0 Å². The fourth-order valence-corrected chi connectivity index (χ4v) is 8.60. The second-order valence-corrected chi connectivity index (χ2v) is 14.0. The number of hydrogen-bond donors (Lipinski definition) is 2. The number of amides is 1. The van der Waals surface area contributed by atoms with Crippen LogP contribution in [0, 0.1) is 40.4 Å². The molecule has 2 N–H and O–H groups in total. The number of allylic oxidation sites excluding steroid dienone is 4. The van der Waals surface area contributed by atoms with Gasteiger partial charge in [-0.15, -0.1) is 0 Å². The van der Waals surface area contributed by atoms with Crippen LogP contribution >= 0.6 is 0 Å². The maximum atomic E-state index is 13.4. The van der Waals surface area contributed by atoms with E-state index in [-0.39, 0.29) is 46.8 Å². The smallest absolute Gasteiger partial charge is 0.391 e. The zero-order valence-corrected chi connectivity index (χ0v) is 23.1. The van der Waals surface area contributed by atoms with Gasteiger partial charge in [-0.05, 0) is 91.6 Å². The first kappa shape index (κ1) is 28.5. The Morgan fingerprint density at radius 1 is 1.14 bits per heavy atom. The molecule has 8 atom stereocenters. The maximum Gasteiger partial charge on any atom is 0.534 e. The van der Waals surface area contributed by atoms with Crippen molar-refractivity contribution in [1.29, 1.82) is 0 Å². The van der Waals surface area contributed by atoms with E-state index in [9.17, 15) is 31.5 Å². The van der Waals surface area contributed by atoms with Gasteiger partial charge in [-0.1, -0.05) is 33.8 Å². The number of alkyl halides is 3. The summed E-state index contributed by atoms with van der Waals surface area (Å²) in [6.45, 7) is 10.0. The largest absolute Gasteiger partial charge is 0.534 e. The lowest BCUT2D eigenvalue weighted by atomic mass is 9.48. The molecule has 0 spiro atoms. The van der Waals surface area contributed by atoms with E-state index in [1.54, 1.807) is 6.92 Å². The Labute approximate surface area is 218 Å². The van der Waals surface area contributed by atoms with Gasteiger partial charge in [-0.25, -0.2) is 0 Å². The van der Waals surface area contributed by atoms with Crippen LogP contribution in [0.25, 0.3) is 0 Å². The molecule has 6 nitrogen and oxygen atoms in total. The quantitative estimate of drug-likeness (QED) is 0.341. The molecular formula is C27H40F3NO5S. The van der Waals surface area contributed by atoms with Crippen LogP contribution in [0.2, 0.25) is 0 Å². The zero-order chi connectivity index (χ0) is 27.6. The van der Waals surface area contributed by atoms with E-state index >= 15 is 0 Å². The fraction of sp³-hybridized carbons (Fsp3) is 0.815. The van der Waals surface area contributed by atoms with Crippen LogP contribution in [-0.2, 0) is 19.1 Å². The lowest BCUT2D eigenvalue weighted by Crippen LogP contribution is -2.53. The number of hydrogen-bond acceptors (Lipinski definition) is 5. The molecule has 2 saturated carbocycles. The van der Waals surface area contributed by atoms with Crippen molar-refractivity contribution in [2.24, 2.45) is 40.4 Å². The van der Waals surface area contributed by atoms with Gasteiger partial charge in [0.25, 0.3) is 0 Å². The standard InChI is InChI=1S/C27H40F3NO5S/c1-15(2)23(16(3)32)31-24(33)22-9-8-20-19-7-6-17-14-18(36-37(34,35)27(28,29)30)10-12-25(17,4)21(19)11-13-26(20,22)5/h6,14-16,19-23,32H,7-13H2,1-5H3,(H,31,33)/t16?,19-,20-,21-,22+,23?,25-,26-/m0/s1. The Morgan fingerprint density at radius 2 is 1.81 bits per heavy atom. The molecule has 210 valence electrons. The highest BCUT2D eigenvalue weighted by Gasteiger charge is 2.60. The van der Waals surface area contributed by atoms with Crippen molar-refractivity contribution in [2.45, 2.75) is 97.2 Å². The average molecular weight is 548 g/mol. The molecule has 2 fully saturated rings. The molecule has 0 aliphatic heterocycles. The van der Waals surface area contributed by atoms with Crippen molar-refractivity contribution in [3.05, 3.63) is 23.5 Å². The van der Waals surface area contributed by atoms with Gasteiger partial charge in [0.15, 0.2) is 0 Å². The summed E-state index contributed by atoms with van der Waals surface area (Å²) in [5, 5.41) is 13.3. The number of aliphatic hydroxyl groups is 1. The summed E-state index contributed by atoms with van der Waals surface area (Å²) in [4.78, 5) is 13.4. The molecule has 0 aromatic heterocycles. The molecule has 0 bridgehead atoms. The van der Waals surface area contributed by atoms with E-state index in [2.05, 4.69) is 23.3 Å². The van der Waals surface area contributed by atoms with Gasteiger partial charge in [-0.2, -0.15) is 21.6 Å². The van der Waals surface area contributed by atoms with E-state index in [4.69, 9.17) is 0 Å². The monoisotopic (exact) mass is 547 g/mol. The molecule has 4 rings (SSSR count). The molecule has 37 heavy (non-hydrogen) atoms. The Morgan fingerprint density at radius 3 is 2.41 bits per heavy atom. The van der Waals surface area contributed by atoms with Gasteiger partial charge in [0.1, 0.15) is 5.76 Å². The third-order valence-corrected chi connectivity index (χ3v) is 11.1. The number of carbonyl (C=O) groups excluding carboxylic acids is 1. The van der Waals surface area contributed by atoms with Crippen LogP contribution < -0.4 is 5.32 Å². The summed E-state index contributed by atoms with van der Waals surface area (Å²) in [5.74, 6) is 0.891. The first-order chi connectivity index (χ1) is 17.0. The SMILES string of the molecule is CC(C)C(NC(=O)[C@H]1CC[C@H]2[C@@H]3CC=C4C=C(OS(=O)(=O)C(F)(F)F)CC[C@]4(C)[C@H]3CC[C@]12C)C(C)O. The van der Waals surface area contributed by atoms with Crippen LogP contribution in [0.5, 0.6) is 0 Å². The molecule has 4 aliphatic rings. The minimum atomic E-state index is -5.68. The highest BCUT2D eigenvalue weighted by atomic mass is 32.2. The summed E-state index contributed by atoms with van der Waals surface area (Å²) < 4.78 is 66.0. The summed E-state index contributed by atoms with van der Waals surface area (Å²) in [6.07, 6.45) is 7.88. The zero-order valence-electron chi connectivity index (χ0n) is 22.3. The molecule has 0 radical (unpaired) electrons. The molecule has 0 heterocycles. The highest BCUT2D eigenvalue weighted by molar-refractivity contribution is 7.87. The summed E-state index contributed by atoms with van der Waals surface area (Å²) in [7, 11) is -5.68. The number of aliphatic hydroxyl groups excluding tert-OH is 1. The second kappa shape index (κ2) is 9.57. The van der Waals surface area contributed by atoms with Crippen molar-refractivity contribution >= 4 is 16.0 Å². The minimum absolute atomic E-state index is 0.0227. The Balaban J connectivity index is 1.54. The lowest BCUT2D eigenvalue weighted by molar-refractivity contribution is -0.133. The van der Waals surface area contributed by atoms with E-state index in [1.807, 2.05) is 19.9 Å².